The summed E-state index contributed by atoms with van der Waals surface area (Å²) in [6, 6.07) is 21.6. The molecule has 4 rings (SSSR count). The fourth-order valence-corrected chi connectivity index (χ4v) is 4.15. The molecule has 2 amide bonds. The van der Waals surface area contributed by atoms with Crippen LogP contribution in [0.15, 0.2) is 71.6 Å². The Labute approximate surface area is 179 Å². The number of anilines is 1. The van der Waals surface area contributed by atoms with Crippen LogP contribution < -0.4 is 9.64 Å². The standard InChI is InChI=1S/C24H22N2O3S/c1-25(2)19-12-10-17(11-13-19)16-22-23(27)26(24(28)30-22)14-15-29-21-9-5-7-18-6-3-4-8-20(18)21/h3-13,16H,14-15H2,1-2H3/b22-16+. The number of ether oxygens (including phenoxy) is 1. The Bertz CT molecular complexity index is 1120. The number of thioether (sulfide) groups is 1. The third kappa shape index (κ3) is 4.19. The predicted octanol–water partition coefficient (Wildman–Crippen LogP) is 5.02. The van der Waals surface area contributed by atoms with Crippen molar-refractivity contribution in [2.24, 2.45) is 0 Å². The summed E-state index contributed by atoms with van der Waals surface area (Å²) in [7, 11) is 3.95. The topological polar surface area (TPSA) is 49.9 Å². The van der Waals surface area contributed by atoms with E-state index in [1.807, 2.05) is 85.7 Å². The Morgan fingerprint density at radius 2 is 1.70 bits per heavy atom. The monoisotopic (exact) mass is 418 g/mol. The molecular formula is C24H22N2O3S. The SMILES string of the molecule is CN(C)c1ccc(/C=C2/SC(=O)N(CCOc3cccc4ccccc34)C2=O)cc1. The molecule has 1 aliphatic heterocycles. The predicted molar refractivity (Wildman–Crippen MR) is 123 cm³/mol. The molecule has 0 atom stereocenters. The quantitative estimate of drug-likeness (QED) is 0.526. The number of imide groups is 1. The van der Waals surface area contributed by atoms with E-state index in [2.05, 4.69) is 0 Å². The third-order valence-electron chi connectivity index (χ3n) is 4.90. The van der Waals surface area contributed by atoms with Gasteiger partial charge in [-0.25, -0.2) is 0 Å². The largest absolute Gasteiger partial charge is 0.491 e. The van der Waals surface area contributed by atoms with Gasteiger partial charge in [0.15, 0.2) is 0 Å². The Morgan fingerprint density at radius 3 is 2.47 bits per heavy atom. The molecule has 0 aromatic heterocycles. The molecule has 0 saturated carbocycles. The highest BCUT2D eigenvalue weighted by Crippen LogP contribution is 2.32. The van der Waals surface area contributed by atoms with Crippen molar-refractivity contribution < 1.29 is 14.3 Å². The van der Waals surface area contributed by atoms with Crippen LogP contribution in [0, 0.1) is 0 Å². The van der Waals surface area contributed by atoms with Crippen molar-refractivity contribution in [1.82, 2.24) is 4.90 Å². The van der Waals surface area contributed by atoms with Crippen LogP contribution in [0.4, 0.5) is 10.5 Å². The Hall–Kier alpha value is -3.25. The minimum atomic E-state index is -0.275. The van der Waals surface area contributed by atoms with E-state index in [0.717, 1.165) is 39.5 Å². The summed E-state index contributed by atoms with van der Waals surface area (Å²) in [5, 5.41) is 1.83. The first-order chi connectivity index (χ1) is 14.5. The van der Waals surface area contributed by atoms with Gasteiger partial charge in [0.05, 0.1) is 11.4 Å². The maximum atomic E-state index is 12.7. The molecule has 0 radical (unpaired) electrons. The van der Waals surface area contributed by atoms with Crippen molar-refractivity contribution >= 4 is 45.4 Å². The maximum absolute atomic E-state index is 12.7. The Morgan fingerprint density at radius 1 is 0.967 bits per heavy atom. The van der Waals surface area contributed by atoms with Gasteiger partial charge in [-0.1, -0.05) is 48.5 Å². The average Bonchev–Trinajstić information content (AvgIpc) is 3.01. The zero-order valence-electron chi connectivity index (χ0n) is 16.9. The summed E-state index contributed by atoms with van der Waals surface area (Å²) in [5.41, 5.74) is 1.96. The van der Waals surface area contributed by atoms with Gasteiger partial charge in [0.25, 0.3) is 11.1 Å². The van der Waals surface area contributed by atoms with E-state index in [1.165, 1.54) is 4.90 Å². The van der Waals surface area contributed by atoms with E-state index in [1.54, 1.807) is 6.08 Å². The lowest BCUT2D eigenvalue weighted by Crippen LogP contribution is -2.32. The van der Waals surface area contributed by atoms with Gasteiger partial charge >= 0.3 is 0 Å². The normalized spacial score (nSPS) is 15.3. The van der Waals surface area contributed by atoms with Crippen LogP contribution >= 0.6 is 11.8 Å². The van der Waals surface area contributed by atoms with Crippen molar-refractivity contribution in [2.75, 3.05) is 32.1 Å². The molecule has 0 bridgehead atoms. The smallest absolute Gasteiger partial charge is 0.293 e. The minimum Gasteiger partial charge on any atom is -0.491 e. The molecule has 152 valence electrons. The number of benzene rings is 3. The van der Waals surface area contributed by atoms with E-state index in [-0.39, 0.29) is 24.3 Å². The number of hydrogen-bond donors (Lipinski definition) is 0. The fourth-order valence-electron chi connectivity index (χ4n) is 3.28. The molecule has 1 fully saturated rings. The highest BCUT2D eigenvalue weighted by molar-refractivity contribution is 8.18. The highest BCUT2D eigenvalue weighted by Gasteiger charge is 2.34. The molecule has 30 heavy (non-hydrogen) atoms. The molecule has 3 aromatic carbocycles. The number of fused-ring (bicyclic) bond motifs is 1. The molecule has 0 N–H and O–H groups in total. The Kier molecular flexibility index (Phi) is 5.77. The van der Waals surface area contributed by atoms with E-state index in [0.29, 0.717) is 4.91 Å². The van der Waals surface area contributed by atoms with Gasteiger partial charge in [-0.2, -0.15) is 0 Å². The van der Waals surface area contributed by atoms with E-state index in [9.17, 15) is 9.59 Å². The highest BCUT2D eigenvalue weighted by atomic mass is 32.2. The van der Waals surface area contributed by atoms with Crippen LogP contribution in [0.2, 0.25) is 0 Å². The first-order valence-corrected chi connectivity index (χ1v) is 10.5. The number of hydrogen-bond acceptors (Lipinski definition) is 5. The molecule has 5 nitrogen and oxygen atoms in total. The van der Waals surface area contributed by atoms with E-state index < -0.39 is 0 Å². The number of amides is 2. The Balaban J connectivity index is 1.41. The van der Waals surface area contributed by atoms with Gasteiger partial charge in [0.1, 0.15) is 12.4 Å². The molecule has 0 unspecified atom stereocenters. The zero-order valence-corrected chi connectivity index (χ0v) is 17.7. The van der Waals surface area contributed by atoms with E-state index in [4.69, 9.17) is 4.74 Å². The molecule has 1 saturated heterocycles. The van der Waals surface area contributed by atoms with Crippen molar-refractivity contribution in [1.29, 1.82) is 0 Å². The molecule has 0 spiro atoms. The molecule has 3 aromatic rings. The maximum Gasteiger partial charge on any atom is 0.293 e. The average molecular weight is 419 g/mol. The molecule has 0 aliphatic carbocycles. The second-order valence-corrected chi connectivity index (χ2v) is 8.14. The zero-order chi connectivity index (χ0) is 21.1. The lowest BCUT2D eigenvalue weighted by atomic mass is 10.1. The lowest BCUT2D eigenvalue weighted by Gasteiger charge is -2.14. The lowest BCUT2D eigenvalue weighted by molar-refractivity contribution is -0.123. The first-order valence-electron chi connectivity index (χ1n) is 9.66. The summed E-state index contributed by atoms with van der Waals surface area (Å²) >= 11 is 0.969. The summed E-state index contributed by atoms with van der Waals surface area (Å²) in [6.45, 7) is 0.460. The van der Waals surface area contributed by atoms with Crippen molar-refractivity contribution in [3.8, 4) is 5.75 Å². The third-order valence-corrected chi connectivity index (χ3v) is 5.81. The van der Waals surface area contributed by atoms with E-state index >= 15 is 0 Å². The van der Waals surface area contributed by atoms with Gasteiger partial charge in [-0.15, -0.1) is 0 Å². The van der Waals surface area contributed by atoms with Crippen LogP contribution in [0.1, 0.15) is 5.56 Å². The molecule has 6 heteroatoms. The van der Waals surface area contributed by atoms with Gasteiger partial charge < -0.3 is 9.64 Å². The van der Waals surface area contributed by atoms with Crippen molar-refractivity contribution in [3.05, 3.63) is 77.2 Å². The summed E-state index contributed by atoms with van der Waals surface area (Å²) in [6.07, 6.45) is 1.76. The molecule has 1 heterocycles. The summed E-state index contributed by atoms with van der Waals surface area (Å²) < 4.78 is 5.89. The van der Waals surface area contributed by atoms with Gasteiger partial charge in [-0.05, 0) is 47.0 Å². The van der Waals surface area contributed by atoms with Gasteiger partial charge in [0, 0.05) is 25.2 Å². The van der Waals surface area contributed by atoms with Crippen molar-refractivity contribution in [2.45, 2.75) is 0 Å². The molecular weight excluding hydrogens is 396 g/mol. The van der Waals surface area contributed by atoms with Crippen LogP contribution in [0.25, 0.3) is 16.8 Å². The second-order valence-electron chi connectivity index (χ2n) is 7.15. The van der Waals surface area contributed by atoms with Gasteiger partial charge in [-0.3, -0.25) is 14.5 Å². The van der Waals surface area contributed by atoms with Crippen LogP contribution in [-0.2, 0) is 4.79 Å². The fraction of sp³-hybridized carbons (Fsp3) is 0.167. The first kappa shape index (κ1) is 20.0. The number of carbonyl (C=O) groups is 2. The number of carbonyl (C=O) groups excluding carboxylic acids is 2. The van der Waals surface area contributed by atoms with Crippen LogP contribution in [-0.4, -0.2) is 43.3 Å². The van der Waals surface area contributed by atoms with Crippen LogP contribution in [0.5, 0.6) is 5.75 Å². The summed E-state index contributed by atoms with van der Waals surface area (Å²) in [4.78, 5) is 28.7. The van der Waals surface area contributed by atoms with Crippen molar-refractivity contribution in [3.63, 3.8) is 0 Å². The second kappa shape index (κ2) is 8.63. The number of nitrogens with zero attached hydrogens (tertiary/aromatic N) is 2. The van der Waals surface area contributed by atoms with Crippen LogP contribution in [0.3, 0.4) is 0 Å². The number of rotatable bonds is 6. The summed E-state index contributed by atoms with van der Waals surface area (Å²) in [5.74, 6) is 0.472. The minimum absolute atomic E-state index is 0.213. The van der Waals surface area contributed by atoms with Gasteiger partial charge in [0.2, 0.25) is 0 Å². The molecule has 1 aliphatic rings.